The van der Waals surface area contributed by atoms with Gasteiger partial charge in [-0.2, -0.15) is 0 Å². The van der Waals surface area contributed by atoms with Gasteiger partial charge in [0.15, 0.2) is 5.58 Å². The van der Waals surface area contributed by atoms with E-state index in [1.165, 1.54) is 44.2 Å². The van der Waals surface area contributed by atoms with Gasteiger partial charge in [0.25, 0.3) is 0 Å². The largest absolute Gasteiger partial charge is 0.454 e. The molecule has 0 unspecified atom stereocenters. The maximum atomic E-state index is 6.46. The van der Waals surface area contributed by atoms with Crippen LogP contribution in [0, 0.1) is 0 Å². The average molecular weight is 614 g/mol. The lowest BCUT2D eigenvalue weighted by atomic mass is 9.96. The van der Waals surface area contributed by atoms with Gasteiger partial charge in [0.05, 0.1) is 5.69 Å². The van der Waals surface area contributed by atoms with Gasteiger partial charge in [0.1, 0.15) is 5.58 Å². The van der Waals surface area contributed by atoms with Crippen molar-refractivity contribution in [3.05, 3.63) is 188 Å². The van der Waals surface area contributed by atoms with Crippen LogP contribution in [0.25, 0.3) is 66.1 Å². The molecular weight excluding hydrogens is 583 g/mol. The lowest BCUT2D eigenvalue weighted by Gasteiger charge is -2.25. The molecule has 2 nitrogen and oxygen atoms in total. The quantitative estimate of drug-likeness (QED) is 0.185. The van der Waals surface area contributed by atoms with Gasteiger partial charge in [-0.3, -0.25) is 0 Å². The van der Waals surface area contributed by atoms with Crippen LogP contribution >= 0.6 is 0 Å². The van der Waals surface area contributed by atoms with Crippen molar-refractivity contribution in [2.24, 2.45) is 0 Å². The van der Waals surface area contributed by atoms with E-state index in [0.717, 1.165) is 39.0 Å². The smallest absolute Gasteiger partial charge is 0.159 e. The molecule has 0 saturated heterocycles. The molecule has 1 aromatic heterocycles. The summed E-state index contributed by atoms with van der Waals surface area (Å²) in [5, 5.41) is 4.76. The summed E-state index contributed by atoms with van der Waals surface area (Å²) < 4.78 is 6.46. The Bertz CT molecular complexity index is 2540. The molecule has 0 bridgehead atoms. The van der Waals surface area contributed by atoms with E-state index in [4.69, 9.17) is 4.42 Å². The zero-order valence-corrected chi connectivity index (χ0v) is 26.3. The van der Waals surface area contributed by atoms with Crippen LogP contribution in [-0.2, 0) is 0 Å². The molecule has 0 fully saturated rings. The highest BCUT2D eigenvalue weighted by atomic mass is 16.3. The van der Waals surface area contributed by atoms with E-state index in [1.54, 1.807) is 0 Å². The minimum Gasteiger partial charge on any atom is -0.454 e. The highest BCUT2D eigenvalue weighted by molar-refractivity contribution is 6.10. The van der Waals surface area contributed by atoms with E-state index in [2.05, 4.69) is 181 Å². The monoisotopic (exact) mass is 613 g/mol. The summed E-state index contributed by atoms with van der Waals surface area (Å²) in [4.78, 5) is 2.28. The average Bonchev–Trinajstić information content (AvgIpc) is 3.55. The molecule has 0 radical (unpaired) electrons. The summed E-state index contributed by atoms with van der Waals surface area (Å²) >= 11 is 0. The van der Waals surface area contributed by atoms with Crippen molar-refractivity contribution in [1.29, 1.82) is 0 Å². The molecule has 0 atom stereocenters. The van der Waals surface area contributed by atoms with Crippen molar-refractivity contribution >= 4 is 49.8 Å². The molecule has 2 heteroatoms. The van der Waals surface area contributed by atoms with E-state index < -0.39 is 0 Å². The summed E-state index contributed by atoms with van der Waals surface area (Å²) in [6.07, 6.45) is 0. The van der Waals surface area contributed by atoms with Crippen LogP contribution in [0.5, 0.6) is 0 Å². The molecular formula is C46H31NO. The lowest BCUT2D eigenvalue weighted by molar-refractivity contribution is 0.669. The highest BCUT2D eigenvalue weighted by Gasteiger charge is 2.19. The molecule has 0 saturated carbocycles. The number of hydrogen-bond donors (Lipinski definition) is 0. The van der Waals surface area contributed by atoms with Gasteiger partial charge in [-0.15, -0.1) is 0 Å². The Hall–Kier alpha value is -6.38. The maximum Gasteiger partial charge on any atom is 0.159 e. The van der Waals surface area contributed by atoms with Gasteiger partial charge in [-0.25, -0.2) is 0 Å². The minimum absolute atomic E-state index is 0.881. The Balaban J connectivity index is 1.03. The second-order valence-electron chi connectivity index (χ2n) is 12.2. The van der Waals surface area contributed by atoms with Gasteiger partial charge < -0.3 is 9.32 Å². The van der Waals surface area contributed by atoms with E-state index in [-0.39, 0.29) is 0 Å². The van der Waals surface area contributed by atoms with Crippen LogP contribution in [0.15, 0.2) is 192 Å². The van der Waals surface area contributed by atoms with Crippen LogP contribution in [0.2, 0.25) is 0 Å². The normalized spacial score (nSPS) is 11.3. The van der Waals surface area contributed by atoms with Crippen LogP contribution < -0.4 is 4.90 Å². The van der Waals surface area contributed by atoms with Crippen LogP contribution in [0.1, 0.15) is 0 Å². The first-order valence-electron chi connectivity index (χ1n) is 16.3. The number of rotatable bonds is 6. The molecule has 0 aliphatic heterocycles. The first kappa shape index (κ1) is 27.9. The number of fused-ring (bicyclic) bond motifs is 4. The third-order valence-electron chi connectivity index (χ3n) is 9.26. The molecule has 0 amide bonds. The van der Waals surface area contributed by atoms with Gasteiger partial charge in [-0.1, -0.05) is 140 Å². The Labute approximate surface area is 279 Å². The summed E-state index contributed by atoms with van der Waals surface area (Å²) in [7, 11) is 0. The van der Waals surface area contributed by atoms with Crippen molar-refractivity contribution < 1.29 is 4.42 Å². The molecule has 0 aliphatic carbocycles. The van der Waals surface area contributed by atoms with Crippen LogP contribution in [-0.4, -0.2) is 0 Å². The molecule has 0 aliphatic rings. The van der Waals surface area contributed by atoms with Crippen LogP contribution in [0.4, 0.5) is 17.1 Å². The number of hydrogen-bond acceptors (Lipinski definition) is 2. The molecule has 0 N–H and O–H groups in total. The third-order valence-corrected chi connectivity index (χ3v) is 9.26. The number of anilines is 3. The lowest BCUT2D eigenvalue weighted by Crippen LogP contribution is -2.10. The van der Waals surface area contributed by atoms with Crippen molar-refractivity contribution in [3.8, 4) is 33.4 Å². The molecule has 226 valence electrons. The van der Waals surface area contributed by atoms with Gasteiger partial charge >= 0.3 is 0 Å². The zero-order chi connectivity index (χ0) is 31.9. The summed E-state index contributed by atoms with van der Waals surface area (Å²) in [5.41, 5.74) is 12.2. The van der Waals surface area contributed by atoms with Gasteiger partial charge in [-0.05, 0) is 92.7 Å². The van der Waals surface area contributed by atoms with Crippen LogP contribution in [0.3, 0.4) is 0 Å². The minimum atomic E-state index is 0.881. The third kappa shape index (κ3) is 5.01. The standard InChI is InChI=1S/C46H31NO/c1-2-14-40(15-3-1)47(44-18-9-17-43-42-16-6-7-19-45(42)48-46(43)44)41-28-26-34(27-29-41)33-20-22-35(23-21-33)37-12-8-13-38(30-37)39-25-24-32-10-4-5-11-36(32)31-39/h1-31H. The number of para-hydroxylation sites is 3. The molecule has 8 aromatic carbocycles. The van der Waals surface area contributed by atoms with E-state index >= 15 is 0 Å². The van der Waals surface area contributed by atoms with Crippen molar-refractivity contribution in [2.75, 3.05) is 4.90 Å². The Morgan fingerprint density at radius 3 is 1.67 bits per heavy atom. The SMILES string of the molecule is c1ccc(N(c2ccc(-c3ccc(-c4cccc(-c5ccc6ccccc6c5)c4)cc3)cc2)c2cccc3c2oc2ccccc23)cc1. The van der Waals surface area contributed by atoms with E-state index in [1.807, 2.05) is 12.1 Å². The molecule has 9 rings (SSSR count). The Kier molecular flexibility index (Phi) is 6.84. The van der Waals surface area contributed by atoms with E-state index in [0.29, 0.717) is 0 Å². The Morgan fingerprint density at radius 1 is 0.333 bits per heavy atom. The van der Waals surface area contributed by atoms with Gasteiger partial charge in [0, 0.05) is 22.1 Å². The predicted octanol–water partition coefficient (Wildman–Crippen LogP) is 13.2. The van der Waals surface area contributed by atoms with E-state index in [9.17, 15) is 0 Å². The topological polar surface area (TPSA) is 16.4 Å². The highest BCUT2D eigenvalue weighted by Crippen LogP contribution is 2.42. The van der Waals surface area contributed by atoms with Crippen molar-refractivity contribution in [1.82, 2.24) is 0 Å². The second kappa shape index (κ2) is 11.8. The maximum absolute atomic E-state index is 6.46. The second-order valence-corrected chi connectivity index (χ2v) is 12.2. The predicted molar refractivity (Wildman–Crippen MR) is 202 cm³/mol. The summed E-state index contributed by atoms with van der Waals surface area (Å²) in [5.74, 6) is 0. The fourth-order valence-electron chi connectivity index (χ4n) is 6.82. The number of benzene rings is 8. The fourth-order valence-corrected chi connectivity index (χ4v) is 6.82. The molecule has 1 heterocycles. The zero-order valence-electron chi connectivity index (χ0n) is 26.3. The summed E-state index contributed by atoms with van der Waals surface area (Å²) in [6.45, 7) is 0. The number of nitrogens with zero attached hydrogens (tertiary/aromatic N) is 1. The first-order valence-corrected chi connectivity index (χ1v) is 16.3. The van der Waals surface area contributed by atoms with Crippen molar-refractivity contribution in [2.45, 2.75) is 0 Å². The first-order chi connectivity index (χ1) is 23.8. The Morgan fingerprint density at radius 2 is 0.875 bits per heavy atom. The molecule has 48 heavy (non-hydrogen) atoms. The van der Waals surface area contributed by atoms with Crippen molar-refractivity contribution in [3.63, 3.8) is 0 Å². The molecule has 9 aromatic rings. The molecule has 0 spiro atoms. The van der Waals surface area contributed by atoms with Gasteiger partial charge in [0.2, 0.25) is 0 Å². The fraction of sp³-hybridized carbons (Fsp3) is 0. The summed E-state index contributed by atoms with van der Waals surface area (Å²) in [6, 6.07) is 66.9. The number of furan rings is 1.